The molecule has 3 saturated heterocycles. The first-order chi connectivity index (χ1) is 17.1. The maximum atomic E-state index is 11.8. The van der Waals surface area contributed by atoms with Crippen molar-refractivity contribution in [3.8, 4) is 6.07 Å². The minimum atomic E-state index is -3.18. The summed E-state index contributed by atoms with van der Waals surface area (Å²) in [6.07, 6.45) is 10.7. The summed E-state index contributed by atoms with van der Waals surface area (Å²) < 4.78 is 26.5. The van der Waals surface area contributed by atoms with Crippen LogP contribution in [0.3, 0.4) is 0 Å². The van der Waals surface area contributed by atoms with Gasteiger partial charge in [-0.05, 0) is 107 Å². The SMILES string of the molecule is CN1NC(C2CCC(C(C)(C)C#N)CC2)C2C3CC(C4CNCC(N[S+](C)(=O)[O-])C4)CCC3NCC21. The molecule has 0 spiro atoms. The van der Waals surface area contributed by atoms with Gasteiger partial charge in [-0.1, -0.05) is 4.21 Å². The molecule has 9 heteroatoms. The highest BCUT2D eigenvalue weighted by Gasteiger charge is 2.53. The number of likely N-dealkylation sites (N-methyl/N-ethyl adjacent to an activating group) is 1. The number of piperidine rings is 2. The molecule has 5 fully saturated rings. The van der Waals surface area contributed by atoms with E-state index in [4.69, 9.17) is 0 Å². The summed E-state index contributed by atoms with van der Waals surface area (Å²) in [4.78, 5) is 0. The molecule has 0 radical (unpaired) electrons. The van der Waals surface area contributed by atoms with Gasteiger partial charge in [0.1, 0.15) is 16.7 Å². The zero-order valence-corrected chi connectivity index (χ0v) is 23.5. The van der Waals surface area contributed by atoms with Gasteiger partial charge in [-0.25, -0.2) is 5.01 Å². The molecule has 3 heterocycles. The van der Waals surface area contributed by atoms with Gasteiger partial charge in [0.05, 0.1) is 17.5 Å². The Labute approximate surface area is 219 Å². The molecule has 3 aliphatic heterocycles. The third-order valence-corrected chi connectivity index (χ3v) is 11.5. The Hall–Kier alpha value is -0.600. The van der Waals surface area contributed by atoms with Crippen molar-refractivity contribution in [3.63, 3.8) is 0 Å². The van der Waals surface area contributed by atoms with Crippen molar-refractivity contribution in [2.24, 2.45) is 40.9 Å². The summed E-state index contributed by atoms with van der Waals surface area (Å²) in [7, 11) is -0.948. The fourth-order valence-corrected chi connectivity index (χ4v) is 9.58. The lowest BCUT2D eigenvalue weighted by Crippen LogP contribution is -2.59. The first kappa shape index (κ1) is 27.0. The number of nitriles is 1. The largest absolute Gasteiger partial charge is 0.598 e. The summed E-state index contributed by atoms with van der Waals surface area (Å²) in [5, 5.41) is 19.5. The van der Waals surface area contributed by atoms with E-state index in [9.17, 15) is 14.0 Å². The van der Waals surface area contributed by atoms with E-state index >= 15 is 0 Å². The second kappa shape index (κ2) is 10.5. The molecule has 8 nitrogen and oxygen atoms in total. The highest BCUT2D eigenvalue weighted by Crippen LogP contribution is 2.49. The fraction of sp³-hybridized carbons (Fsp3) is 0.963. The number of nitrogens with one attached hydrogen (secondary N) is 4. The molecule has 2 aliphatic carbocycles. The van der Waals surface area contributed by atoms with Gasteiger partial charge in [0.25, 0.3) is 0 Å². The highest BCUT2D eigenvalue weighted by atomic mass is 32.3. The third-order valence-electron chi connectivity index (χ3n) is 10.8. The standard InChI is InChI=1S/C27H48N6O2S/c1-27(2,16-28)20-8-5-17(6-9-20)26-25-22-12-18(7-10-23(22)30-15-24(25)33(3)31-26)19-11-21(14-29-13-19)32-36(4,34)35/h17-26,29-31H,5-15H2,1-4H3,(H-,32,34,35). The van der Waals surface area contributed by atoms with Crippen molar-refractivity contribution >= 4 is 10.4 Å². The smallest absolute Gasteiger partial charge is 0.120 e. The molecule has 204 valence electrons. The second-order valence-corrected chi connectivity index (χ2v) is 15.1. The monoisotopic (exact) mass is 520 g/mol. The number of hydrogen-bond acceptors (Lipinski definition) is 7. The van der Waals surface area contributed by atoms with Crippen molar-refractivity contribution in [2.45, 2.75) is 89.4 Å². The topological polar surface area (TPSA) is 115 Å². The van der Waals surface area contributed by atoms with Gasteiger partial charge < -0.3 is 15.2 Å². The van der Waals surface area contributed by atoms with Crippen molar-refractivity contribution in [1.82, 2.24) is 25.8 Å². The lowest BCUT2D eigenvalue weighted by atomic mass is 9.60. The maximum absolute atomic E-state index is 11.8. The van der Waals surface area contributed by atoms with Crippen LogP contribution in [0.4, 0.5) is 0 Å². The van der Waals surface area contributed by atoms with Crippen molar-refractivity contribution in [2.75, 3.05) is 32.9 Å². The van der Waals surface area contributed by atoms with E-state index < -0.39 is 10.4 Å². The summed E-state index contributed by atoms with van der Waals surface area (Å²) in [5.41, 5.74) is 3.71. The number of hydrazine groups is 1. The number of sulfonamides is 1. The van der Waals surface area contributed by atoms with Crippen LogP contribution >= 0.6 is 0 Å². The number of fused-ring (bicyclic) bond motifs is 3. The van der Waals surface area contributed by atoms with Gasteiger partial charge in [-0.15, -0.1) is 4.72 Å². The van der Waals surface area contributed by atoms with Gasteiger partial charge in [-0.3, -0.25) is 5.43 Å². The Bertz CT molecular complexity index is 865. The zero-order chi connectivity index (χ0) is 25.7. The number of hydrogen-bond donors (Lipinski definition) is 4. The van der Waals surface area contributed by atoms with Crippen LogP contribution in [0.5, 0.6) is 0 Å². The fourth-order valence-electron chi connectivity index (χ4n) is 8.80. The van der Waals surface area contributed by atoms with Gasteiger partial charge >= 0.3 is 0 Å². The Morgan fingerprint density at radius 2 is 1.75 bits per heavy atom. The molecular weight excluding hydrogens is 472 g/mol. The van der Waals surface area contributed by atoms with Crippen LogP contribution in [-0.2, 0) is 14.6 Å². The van der Waals surface area contributed by atoms with Crippen molar-refractivity contribution in [1.29, 1.82) is 5.26 Å². The summed E-state index contributed by atoms with van der Waals surface area (Å²) >= 11 is 0. The highest BCUT2D eigenvalue weighted by molar-refractivity contribution is 7.95. The molecule has 5 rings (SSSR count). The Morgan fingerprint density at radius 3 is 2.44 bits per heavy atom. The van der Waals surface area contributed by atoms with Crippen LogP contribution < -0.4 is 20.8 Å². The molecule has 0 bridgehead atoms. The van der Waals surface area contributed by atoms with E-state index in [1.807, 2.05) is 0 Å². The second-order valence-electron chi connectivity index (χ2n) is 13.3. The van der Waals surface area contributed by atoms with Crippen molar-refractivity contribution in [3.05, 3.63) is 0 Å². The molecule has 5 aliphatic rings. The minimum absolute atomic E-state index is 0.00794. The summed E-state index contributed by atoms with van der Waals surface area (Å²) in [6, 6.07) is 4.24. The van der Waals surface area contributed by atoms with Crippen LogP contribution in [-0.4, -0.2) is 66.7 Å². The molecule has 0 aromatic heterocycles. The van der Waals surface area contributed by atoms with Crippen LogP contribution in [0.2, 0.25) is 0 Å². The van der Waals surface area contributed by atoms with Gasteiger partial charge in [0.15, 0.2) is 0 Å². The van der Waals surface area contributed by atoms with Crippen LogP contribution in [0.25, 0.3) is 0 Å². The van der Waals surface area contributed by atoms with Crippen molar-refractivity contribution < 1.29 is 8.76 Å². The molecule has 2 saturated carbocycles. The van der Waals surface area contributed by atoms with E-state index in [0.717, 1.165) is 26.1 Å². The third kappa shape index (κ3) is 5.56. The summed E-state index contributed by atoms with van der Waals surface area (Å²) in [5.74, 6) is 3.72. The zero-order valence-electron chi connectivity index (χ0n) is 22.7. The molecule has 36 heavy (non-hydrogen) atoms. The van der Waals surface area contributed by atoms with E-state index in [1.54, 1.807) is 0 Å². The average molecular weight is 521 g/mol. The number of nitrogens with zero attached hydrogens (tertiary/aromatic N) is 2. The first-order valence-corrected chi connectivity index (χ1v) is 16.3. The van der Waals surface area contributed by atoms with Crippen LogP contribution in [0.15, 0.2) is 0 Å². The molecule has 0 aromatic rings. The van der Waals surface area contributed by atoms with E-state index in [0.29, 0.717) is 53.6 Å². The normalized spacial score (nSPS) is 45.8. The Balaban J connectivity index is 1.27. The first-order valence-electron chi connectivity index (χ1n) is 14.4. The van der Waals surface area contributed by atoms with Gasteiger partial charge in [0, 0.05) is 38.3 Å². The molecule has 4 N–H and O–H groups in total. The number of rotatable bonds is 5. The quantitative estimate of drug-likeness (QED) is 0.411. The predicted octanol–water partition coefficient (Wildman–Crippen LogP) is 2.28. The lowest BCUT2D eigenvalue weighted by Gasteiger charge is -2.50. The van der Waals surface area contributed by atoms with E-state index in [1.165, 1.54) is 51.2 Å². The maximum Gasteiger partial charge on any atom is 0.120 e. The molecule has 9 unspecified atom stereocenters. The molecule has 0 aromatic carbocycles. The molecular formula is C27H48N6O2S. The lowest BCUT2D eigenvalue weighted by molar-refractivity contribution is 0.0373. The van der Waals surface area contributed by atoms with Crippen LogP contribution in [0, 0.1) is 52.3 Å². The Kier molecular flexibility index (Phi) is 7.89. The molecule has 9 atom stereocenters. The van der Waals surface area contributed by atoms with Gasteiger partial charge in [0.2, 0.25) is 0 Å². The van der Waals surface area contributed by atoms with E-state index in [-0.39, 0.29) is 11.5 Å². The van der Waals surface area contributed by atoms with Crippen LogP contribution in [0.1, 0.15) is 65.2 Å². The summed E-state index contributed by atoms with van der Waals surface area (Å²) in [6.45, 7) is 7.04. The Morgan fingerprint density at radius 1 is 1.03 bits per heavy atom. The average Bonchev–Trinajstić information content (AvgIpc) is 3.20. The van der Waals surface area contributed by atoms with E-state index in [2.05, 4.69) is 52.8 Å². The molecule has 0 amide bonds. The minimum Gasteiger partial charge on any atom is -0.598 e. The predicted molar refractivity (Wildman–Crippen MR) is 142 cm³/mol. The van der Waals surface area contributed by atoms with Gasteiger partial charge in [-0.2, -0.15) is 5.26 Å².